The van der Waals surface area contributed by atoms with E-state index in [0.717, 1.165) is 17.8 Å². The summed E-state index contributed by atoms with van der Waals surface area (Å²) in [6.45, 7) is 1.47. The summed E-state index contributed by atoms with van der Waals surface area (Å²) in [5.74, 6) is -0.260. The van der Waals surface area contributed by atoms with E-state index in [1.807, 2.05) is 50.5 Å². The highest BCUT2D eigenvalue weighted by atomic mass is 16.2. The molecule has 1 heterocycles. The summed E-state index contributed by atoms with van der Waals surface area (Å²) in [5, 5.41) is 4.20. The molecule has 0 spiro atoms. The van der Waals surface area contributed by atoms with E-state index in [1.165, 1.54) is 9.91 Å². The Bertz CT molecular complexity index is 555. The zero-order valence-electron chi connectivity index (χ0n) is 13.1. The number of hydrogen-bond acceptors (Lipinski definition) is 3. The minimum Gasteiger partial charge on any atom is -0.349 e. The Morgan fingerprint density at radius 1 is 1.32 bits per heavy atom. The predicted octanol–water partition coefficient (Wildman–Crippen LogP) is -0.975. The van der Waals surface area contributed by atoms with E-state index < -0.39 is 0 Å². The van der Waals surface area contributed by atoms with Crippen LogP contribution in [-0.2, 0) is 9.59 Å². The second-order valence-corrected chi connectivity index (χ2v) is 5.59. The van der Waals surface area contributed by atoms with E-state index in [9.17, 15) is 9.59 Å². The van der Waals surface area contributed by atoms with Gasteiger partial charge in [-0.25, -0.2) is 5.01 Å². The number of benzene rings is 1. The van der Waals surface area contributed by atoms with Crippen molar-refractivity contribution in [2.75, 3.05) is 33.7 Å². The molecule has 2 rings (SSSR count). The first-order valence-electron chi connectivity index (χ1n) is 7.44. The standard InChI is InChI=1S/C16H22N4O2/c1-19(2)11-10-17-15(21)12-20-16(22)9-8-14(18-20)13-6-4-3-5-7-13/h3-8,18H,9-12H2,1-2H3,(H,17,21)/p+1. The van der Waals surface area contributed by atoms with Crippen molar-refractivity contribution >= 4 is 17.5 Å². The molecule has 3 N–H and O–H groups in total. The number of likely N-dealkylation sites (N-methyl/N-ethyl adjacent to an activating group) is 1. The van der Waals surface area contributed by atoms with E-state index in [4.69, 9.17) is 0 Å². The van der Waals surface area contributed by atoms with Gasteiger partial charge >= 0.3 is 0 Å². The van der Waals surface area contributed by atoms with Crippen molar-refractivity contribution in [2.45, 2.75) is 6.42 Å². The molecule has 0 fully saturated rings. The molecule has 0 aromatic heterocycles. The van der Waals surface area contributed by atoms with Crippen LogP contribution in [0.4, 0.5) is 0 Å². The van der Waals surface area contributed by atoms with Crippen molar-refractivity contribution < 1.29 is 14.5 Å². The SMILES string of the molecule is C[NH+](C)CCNC(=O)CN1NC(c2ccccc2)=CCC1=O. The number of carbonyl (C=O) groups excluding carboxylic acids is 2. The fourth-order valence-corrected chi connectivity index (χ4v) is 2.13. The molecule has 1 aliphatic rings. The highest BCUT2D eigenvalue weighted by molar-refractivity contribution is 5.88. The number of hydrazine groups is 1. The second kappa shape index (κ2) is 7.61. The van der Waals surface area contributed by atoms with Crippen LogP contribution >= 0.6 is 0 Å². The minimum absolute atomic E-state index is 0.0196. The van der Waals surface area contributed by atoms with E-state index in [-0.39, 0.29) is 18.4 Å². The lowest BCUT2D eigenvalue weighted by Crippen LogP contribution is -3.06. The fraction of sp³-hybridized carbons (Fsp3) is 0.375. The monoisotopic (exact) mass is 303 g/mol. The second-order valence-electron chi connectivity index (χ2n) is 5.59. The molecule has 0 saturated carbocycles. The fourth-order valence-electron chi connectivity index (χ4n) is 2.13. The van der Waals surface area contributed by atoms with E-state index in [1.54, 1.807) is 0 Å². The van der Waals surface area contributed by atoms with Crippen molar-refractivity contribution in [1.82, 2.24) is 15.8 Å². The van der Waals surface area contributed by atoms with Crippen LogP contribution in [0, 0.1) is 0 Å². The van der Waals surface area contributed by atoms with E-state index in [2.05, 4.69) is 10.7 Å². The van der Waals surface area contributed by atoms with Crippen molar-refractivity contribution in [2.24, 2.45) is 0 Å². The molecule has 6 nitrogen and oxygen atoms in total. The molecule has 1 aliphatic heterocycles. The van der Waals surface area contributed by atoms with Gasteiger partial charge in [-0.2, -0.15) is 0 Å². The Kier molecular flexibility index (Phi) is 5.55. The molecule has 0 bridgehead atoms. The van der Waals surface area contributed by atoms with Gasteiger partial charge in [-0.1, -0.05) is 30.3 Å². The Hall–Kier alpha value is -2.34. The van der Waals surface area contributed by atoms with Crippen LogP contribution in [0.15, 0.2) is 36.4 Å². The van der Waals surface area contributed by atoms with Crippen LogP contribution in [0.5, 0.6) is 0 Å². The maximum atomic E-state index is 11.9. The summed E-state index contributed by atoms with van der Waals surface area (Å²) < 4.78 is 0. The van der Waals surface area contributed by atoms with Crippen LogP contribution in [0.25, 0.3) is 5.70 Å². The molecule has 6 heteroatoms. The quantitative estimate of drug-likeness (QED) is 0.633. The van der Waals surface area contributed by atoms with Gasteiger partial charge in [-0.15, -0.1) is 0 Å². The molecule has 1 aromatic rings. The third-order valence-electron chi connectivity index (χ3n) is 3.37. The average Bonchev–Trinajstić information content (AvgIpc) is 2.50. The summed E-state index contributed by atoms with van der Waals surface area (Å²) in [5.41, 5.74) is 4.88. The van der Waals surface area contributed by atoms with Crippen molar-refractivity contribution in [3.63, 3.8) is 0 Å². The minimum atomic E-state index is -0.156. The topological polar surface area (TPSA) is 65.9 Å². The van der Waals surface area contributed by atoms with Gasteiger partial charge < -0.3 is 10.2 Å². The van der Waals surface area contributed by atoms with Gasteiger partial charge in [-0.05, 0) is 11.6 Å². The lowest BCUT2D eigenvalue weighted by Gasteiger charge is -2.28. The lowest BCUT2D eigenvalue weighted by atomic mass is 10.1. The molecule has 22 heavy (non-hydrogen) atoms. The predicted molar refractivity (Wildman–Crippen MR) is 84.6 cm³/mol. The zero-order chi connectivity index (χ0) is 15.9. The van der Waals surface area contributed by atoms with Gasteiger partial charge in [0.15, 0.2) is 0 Å². The summed E-state index contributed by atoms with van der Waals surface area (Å²) in [7, 11) is 4.05. The summed E-state index contributed by atoms with van der Waals surface area (Å²) in [6.07, 6.45) is 2.15. The molecule has 0 unspecified atom stereocenters. The highest BCUT2D eigenvalue weighted by Gasteiger charge is 2.21. The van der Waals surface area contributed by atoms with Gasteiger partial charge in [0.05, 0.1) is 32.9 Å². The molecule has 1 aromatic carbocycles. The summed E-state index contributed by atoms with van der Waals surface area (Å²) in [6, 6.07) is 9.75. The highest BCUT2D eigenvalue weighted by Crippen LogP contribution is 2.16. The Morgan fingerprint density at radius 3 is 2.73 bits per heavy atom. The smallest absolute Gasteiger partial charge is 0.245 e. The third-order valence-corrected chi connectivity index (χ3v) is 3.37. The van der Waals surface area contributed by atoms with Crippen molar-refractivity contribution in [1.29, 1.82) is 0 Å². The van der Waals surface area contributed by atoms with Gasteiger partial charge in [0.1, 0.15) is 6.54 Å². The van der Waals surface area contributed by atoms with Gasteiger partial charge in [0, 0.05) is 6.42 Å². The van der Waals surface area contributed by atoms with E-state index >= 15 is 0 Å². The third kappa shape index (κ3) is 4.60. The van der Waals surface area contributed by atoms with Crippen LogP contribution in [-0.4, -0.2) is 50.6 Å². The summed E-state index contributed by atoms with van der Waals surface area (Å²) >= 11 is 0. The first-order chi connectivity index (χ1) is 10.6. The van der Waals surface area contributed by atoms with Crippen LogP contribution in [0.3, 0.4) is 0 Å². The number of quaternary nitrogens is 1. The number of nitrogens with zero attached hydrogens (tertiary/aromatic N) is 1. The van der Waals surface area contributed by atoms with Crippen LogP contribution < -0.4 is 15.6 Å². The first-order valence-corrected chi connectivity index (χ1v) is 7.44. The number of carbonyl (C=O) groups is 2. The molecular weight excluding hydrogens is 280 g/mol. The van der Waals surface area contributed by atoms with Gasteiger partial charge in [-0.3, -0.25) is 15.0 Å². The van der Waals surface area contributed by atoms with Crippen LogP contribution in [0.2, 0.25) is 0 Å². The Morgan fingerprint density at radius 2 is 2.05 bits per heavy atom. The molecule has 2 amide bonds. The molecule has 0 saturated heterocycles. The van der Waals surface area contributed by atoms with E-state index in [0.29, 0.717) is 13.0 Å². The lowest BCUT2D eigenvalue weighted by molar-refractivity contribution is -0.856. The first kappa shape index (κ1) is 16.0. The van der Waals surface area contributed by atoms with Gasteiger partial charge in [0.2, 0.25) is 11.8 Å². The van der Waals surface area contributed by atoms with Crippen LogP contribution in [0.1, 0.15) is 12.0 Å². The molecule has 0 atom stereocenters. The number of rotatable bonds is 6. The normalized spacial score (nSPS) is 14.6. The molecule has 0 radical (unpaired) electrons. The average molecular weight is 303 g/mol. The zero-order valence-corrected chi connectivity index (χ0v) is 13.1. The maximum absolute atomic E-state index is 11.9. The molecular formula is C16H23N4O2+. The number of hydrogen-bond donors (Lipinski definition) is 3. The Labute approximate surface area is 130 Å². The number of nitrogens with one attached hydrogen (secondary N) is 3. The molecule has 0 aliphatic carbocycles. The molecule has 118 valence electrons. The maximum Gasteiger partial charge on any atom is 0.245 e. The van der Waals surface area contributed by atoms with Crippen molar-refractivity contribution in [3.8, 4) is 0 Å². The largest absolute Gasteiger partial charge is 0.349 e. The van der Waals surface area contributed by atoms with Crippen molar-refractivity contribution in [3.05, 3.63) is 42.0 Å². The Balaban J connectivity index is 1.90. The van der Waals surface area contributed by atoms with Gasteiger partial charge in [0.25, 0.3) is 0 Å². The summed E-state index contributed by atoms with van der Waals surface area (Å²) in [4.78, 5) is 25.1. The number of amides is 2.